The molecule has 0 atom stereocenters. The molecular formula is C10H19N3. The molecule has 1 aromatic rings. The fraction of sp³-hybridized carbons (Fsp3) is 0.800. The number of hydrogen-bond donors (Lipinski definition) is 0. The number of rotatable bonds is 4. The molecule has 0 aromatic carbocycles. The van der Waals surface area contributed by atoms with Gasteiger partial charge in [0.25, 0.3) is 0 Å². The molecule has 0 bridgehead atoms. The first-order valence-corrected chi connectivity index (χ1v) is 4.96. The molecule has 0 amide bonds. The summed E-state index contributed by atoms with van der Waals surface area (Å²) < 4.78 is 1.88. The van der Waals surface area contributed by atoms with Crippen molar-refractivity contribution in [1.82, 2.24) is 15.0 Å². The van der Waals surface area contributed by atoms with E-state index in [9.17, 15) is 0 Å². The molecule has 1 heterocycles. The molecular weight excluding hydrogens is 162 g/mol. The fourth-order valence-electron chi connectivity index (χ4n) is 1.50. The van der Waals surface area contributed by atoms with E-state index in [0.717, 1.165) is 18.0 Å². The van der Waals surface area contributed by atoms with Crippen molar-refractivity contribution in [3.05, 3.63) is 11.4 Å². The average molecular weight is 181 g/mol. The van der Waals surface area contributed by atoms with Crippen molar-refractivity contribution in [2.24, 2.45) is 13.0 Å². The van der Waals surface area contributed by atoms with Crippen LogP contribution in [0.15, 0.2) is 0 Å². The third-order valence-corrected chi connectivity index (χ3v) is 2.33. The van der Waals surface area contributed by atoms with E-state index in [1.165, 1.54) is 18.5 Å². The SMILES string of the molecule is Cc1nnn(C)c1CCCC(C)C. The fourth-order valence-corrected chi connectivity index (χ4v) is 1.50. The maximum Gasteiger partial charge on any atom is 0.0828 e. The zero-order valence-corrected chi connectivity index (χ0v) is 9.04. The molecule has 0 aliphatic heterocycles. The third kappa shape index (κ3) is 2.83. The molecule has 0 unspecified atom stereocenters. The van der Waals surface area contributed by atoms with Crippen LogP contribution in [0.4, 0.5) is 0 Å². The average Bonchev–Trinajstić information content (AvgIpc) is 2.34. The largest absolute Gasteiger partial charge is 0.252 e. The van der Waals surface area contributed by atoms with Gasteiger partial charge in [-0.05, 0) is 25.7 Å². The van der Waals surface area contributed by atoms with Crippen molar-refractivity contribution >= 4 is 0 Å². The molecule has 0 aliphatic rings. The van der Waals surface area contributed by atoms with E-state index in [2.05, 4.69) is 24.2 Å². The van der Waals surface area contributed by atoms with E-state index in [4.69, 9.17) is 0 Å². The normalized spacial score (nSPS) is 11.2. The quantitative estimate of drug-likeness (QED) is 0.712. The summed E-state index contributed by atoms with van der Waals surface area (Å²) in [5, 5.41) is 8.01. The summed E-state index contributed by atoms with van der Waals surface area (Å²) in [6, 6.07) is 0. The second-order valence-electron chi connectivity index (χ2n) is 4.03. The smallest absolute Gasteiger partial charge is 0.0828 e. The van der Waals surface area contributed by atoms with Gasteiger partial charge in [0.1, 0.15) is 0 Å². The van der Waals surface area contributed by atoms with Gasteiger partial charge in [-0.25, -0.2) is 0 Å². The minimum Gasteiger partial charge on any atom is -0.252 e. The first-order valence-electron chi connectivity index (χ1n) is 4.96. The van der Waals surface area contributed by atoms with E-state index in [1.54, 1.807) is 0 Å². The van der Waals surface area contributed by atoms with Gasteiger partial charge in [-0.15, -0.1) is 5.10 Å². The number of nitrogens with zero attached hydrogens (tertiary/aromatic N) is 3. The van der Waals surface area contributed by atoms with Gasteiger partial charge in [-0.1, -0.05) is 25.5 Å². The molecule has 0 aliphatic carbocycles. The zero-order chi connectivity index (χ0) is 9.84. The van der Waals surface area contributed by atoms with Crippen LogP contribution in [0.5, 0.6) is 0 Å². The van der Waals surface area contributed by atoms with Gasteiger partial charge in [0.05, 0.1) is 11.4 Å². The highest BCUT2D eigenvalue weighted by Gasteiger charge is 2.05. The van der Waals surface area contributed by atoms with Crippen LogP contribution in [0, 0.1) is 12.8 Å². The monoisotopic (exact) mass is 181 g/mol. The van der Waals surface area contributed by atoms with E-state index in [-0.39, 0.29) is 0 Å². The summed E-state index contributed by atoms with van der Waals surface area (Å²) >= 11 is 0. The maximum atomic E-state index is 4.03. The molecule has 3 nitrogen and oxygen atoms in total. The van der Waals surface area contributed by atoms with Crippen LogP contribution in [0.1, 0.15) is 38.1 Å². The molecule has 74 valence electrons. The van der Waals surface area contributed by atoms with Crippen LogP contribution in [0.25, 0.3) is 0 Å². The van der Waals surface area contributed by atoms with E-state index in [1.807, 2.05) is 18.7 Å². The summed E-state index contributed by atoms with van der Waals surface area (Å²) in [6.45, 7) is 6.54. The Labute approximate surface area is 80.1 Å². The number of aromatic nitrogens is 3. The summed E-state index contributed by atoms with van der Waals surface area (Å²) in [5.74, 6) is 0.793. The van der Waals surface area contributed by atoms with Crippen LogP contribution in [-0.4, -0.2) is 15.0 Å². The van der Waals surface area contributed by atoms with Crippen LogP contribution in [0.2, 0.25) is 0 Å². The van der Waals surface area contributed by atoms with Gasteiger partial charge in [-0.2, -0.15) is 0 Å². The van der Waals surface area contributed by atoms with E-state index < -0.39 is 0 Å². The molecule has 0 radical (unpaired) electrons. The molecule has 13 heavy (non-hydrogen) atoms. The molecule has 1 rings (SSSR count). The highest BCUT2D eigenvalue weighted by atomic mass is 15.4. The third-order valence-electron chi connectivity index (χ3n) is 2.33. The Morgan fingerprint density at radius 3 is 2.54 bits per heavy atom. The van der Waals surface area contributed by atoms with Crippen LogP contribution >= 0.6 is 0 Å². The predicted molar refractivity (Wildman–Crippen MR) is 53.5 cm³/mol. The molecule has 0 saturated carbocycles. The summed E-state index contributed by atoms with van der Waals surface area (Å²) in [6.07, 6.45) is 3.62. The number of aryl methyl sites for hydroxylation is 2. The van der Waals surface area contributed by atoms with Crippen molar-refractivity contribution in [3.8, 4) is 0 Å². The van der Waals surface area contributed by atoms with Gasteiger partial charge >= 0.3 is 0 Å². The lowest BCUT2D eigenvalue weighted by atomic mass is 10.0. The summed E-state index contributed by atoms with van der Waals surface area (Å²) in [4.78, 5) is 0. The van der Waals surface area contributed by atoms with Gasteiger partial charge in [-0.3, -0.25) is 4.68 Å². The second kappa shape index (κ2) is 4.40. The highest BCUT2D eigenvalue weighted by Crippen LogP contribution is 2.10. The van der Waals surface area contributed by atoms with Crippen LogP contribution < -0.4 is 0 Å². The van der Waals surface area contributed by atoms with Gasteiger partial charge in [0.2, 0.25) is 0 Å². The Morgan fingerprint density at radius 2 is 2.08 bits per heavy atom. The van der Waals surface area contributed by atoms with Crippen molar-refractivity contribution in [1.29, 1.82) is 0 Å². The minimum atomic E-state index is 0.793. The lowest BCUT2D eigenvalue weighted by Gasteiger charge is -2.04. The number of hydrogen-bond acceptors (Lipinski definition) is 2. The Kier molecular flexibility index (Phi) is 3.46. The highest BCUT2D eigenvalue weighted by molar-refractivity contribution is 5.07. The van der Waals surface area contributed by atoms with Gasteiger partial charge in [0.15, 0.2) is 0 Å². The van der Waals surface area contributed by atoms with Crippen LogP contribution in [0.3, 0.4) is 0 Å². The predicted octanol–water partition coefficient (Wildman–Crippen LogP) is 2.10. The summed E-state index contributed by atoms with van der Waals surface area (Å²) in [5.41, 5.74) is 2.35. The Hall–Kier alpha value is -0.860. The Morgan fingerprint density at radius 1 is 1.38 bits per heavy atom. The van der Waals surface area contributed by atoms with Crippen molar-refractivity contribution in [3.63, 3.8) is 0 Å². The maximum absolute atomic E-state index is 4.03. The molecule has 0 spiro atoms. The molecule has 1 aromatic heterocycles. The van der Waals surface area contributed by atoms with E-state index in [0.29, 0.717) is 0 Å². The second-order valence-corrected chi connectivity index (χ2v) is 4.03. The zero-order valence-electron chi connectivity index (χ0n) is 9.04. The lowest BCUT2D eigenvalue weighted by molar-refractivity contribution is 0.543. The van der Waals surface area contributed by atoms with Crippen molar-refractivity contribution in [2.75, 3.05) is 0 Å². The first kappa shape index (κ1) is 10.2. The minimum absolute atomic E-state index is 0.793. The molecule has 0 N–H and O–H groups in total. The standard InChI is InChI=1S/C10H19N3/c1-8(2)6-5-7-10-9(3)11-12-13(10)4/h8H,5-7H2,1-4H3. The van der Waals surface area contributed by atoms with E-state index >= 15 is 0 Å². The topological polar surface area (TPSA) is 30.7 Å². The molecule has 0 saturated heterocycles. The van der Waals surface area contributed by atoms with Crippen molar-refractivity contribution < 1.29 is 0 Å². The molecule has 0 fully saturated rings. The lowest BCUT2D eigenvalue weighted by Crippen LogP contribution is -2.00. The Balaban J connectivity index is 2.44. The summed E-state index contributed by atoms with van der Waals surface area (Å²) in [7, 11) is 1.96. The Bertz CT molecular complexity index is 244. The van der Waals surface area contributed by atoms with Gasteiger partial charge in [0, 0.05) is 7.05 Å². The molecule has 3 heteroatoms. The van der Waals surface area contributed by atoms with Gasteiger partial charge < -0.3 is 0 Å². The van der Waals surface area contributed by atoms with Crippen molar-refractivity contribution in [2.45, 2.75) is 40.0 Å². The van der Waals surface area contributed by atoms with Crippen LogP contribution in [-0.2, 0) is 13.5 Å². The first-order chi connectivity index (χ1) is 6.11.